The summed E-state index contributed by atoms with van der Waals surface area (Å²) in [6.07, 6.45) is -3.36. The van der Waals surface area contributed by atoms with Gasteiger partial charge in [0.1, 0.15) is 18.1 Å². The van der Waals surface area contributed by atoms with Gasteiger partial charge < -0.3 is 19.5 Å². The summed E-state index contributed by atoms with van der Waals surface area (Å²) in [5, 5.41) is 7.03. The Bertz CT molecular complexity index is 768. The maximum absolute atomic E-state index is 13.0. The van der Waals surface area contributed by atoms with E-state index >= 15 is 0 Å². The number of ether oxygens (including phenoxy) is 1. The number of benzene rings is 1. The Hall–Kier alpha value is -1.82. The molecule has 1 aliphatic rings. The smallest absolute Gasteiger partial charge is 0.370 e. The molecule has 0 saturated carbocycles. The van der Waals surface area contributed by atoms with Gasteiger partial charge in [-0.25, -0.2) is 4.99 Å². The van der Waals surface area contributed by atoms with Crippen LogP contribution in [-0.4, -0.2) is 42.3 Å². The van der Waals surface area contributed by atoms with E-state index in [4.69, 9.17) is 9.26 Å². The van der Waals surface area contributed by atoms with Crippen molar-refractivity contribution in [2.75, 3.05) is 26.2 Å². The normalized spacial score (nSPS) is 17.9. The van der Waals surface area contributed by atoms with E-state index in [0.29, 0.717) is 50.0 Å². The predicted octanol–water partition coefficient (Wildman–Crippen LogP) is 3.85. The Morgan fingerprint density at radius 1 is 1.36 bits per heavy atom. The molecular formula is C18H22F3IN4O2. The summed E-state index contributed by atoms with van der Waals surface area (Å²) in [5.74, 6) is 0.667. The van der Waals surface area contributed by atoms with Crippen LogP contribution in [0.1, 0.15) is 29.8 Å². The number of guanidine groups is 1. The van der Waals surface area contributed by atoms with Gasteiger partial charge in [0.05, 0.1) is 25.3 Å². The zero-order valence-corrected chi connectivity index (χ0v) is 17.6. The molecule has 1 N–H and O–H groups in total. The summed E-state index contributed by atoms with van der Waals surface area (Å²) in [5.41, 5.74) is 0.530. The van der Waals surface area contributed by atoms with Crippen LogP contribution in [0.15, 0.2) is 46.1 Å². The molecule has 154 valence electrons. The van der Waals surface area contributed by atoms with Crippen molar-refractivity contribution in [3.8, 4) is 0 Å². The van der Waals surface area contributed by atoms with Gasteiger partial charge in [0.2, 0.25) is 0 Å². The van der Waals surface area contributed by atoms with Crippen LogP contribution in [-0.2, 0) is 17.5 Å². The maximum atomic E-state index is 13.0. The molecule has 6 nitrogen and oxygen atoms in total. The van der Waals surface area contributed by atoms with E-state index in [-0.39, 0.29) is 24.0 Å². The van der Waals surface area contributed by atoms with Crippen molar-refractivity contribution >= 4 is 29.9 Å². The summed E-state index contributed by atoms with van der Waals surface area (Å²) >= 11 is 0. The highest BCUT2D eigenvalue weighted by Crippen LogP contribution is 2.32. The summed E-state index contributed by atoms with van der Waals surface area (Å²) in [6, 6.07) is 7.01. The van der Waals surface area contributed by atoms with Gasteiger partial charge in [0.25, 0.3) is 0 Å². The first-order valence-corrected chi connectivity index (χ1v) is 8.68. The van der Waals surface area contributed by atoms with Gasteiger partial charge in [-0.05, 0) is 24.6 Å². The number of halogens is 4. The van der Waals surface area contributed by atoms with Gasteiger partial charge in [-0.1, -0.05) is 17.3 Å². The third-order valence-corrected chi connectivity index (χ3v) is 4.17. The largest absolute Gasteiger partial charge is 0.416 e. The summed E-state index contributed by atoms with van der Waals surface area (Å²) in [7, 11) is 0. The Kier molecular flexibility index (Phi) is 8.10. The van der Waals surface area contributed by atoms with Gasteiger partial charge >= 0.3 is 6.18 Å². The maximum Gasteiger partial charge on any atom is 0.416 e. The highest BCUT2D eigenvalue weighted by atomic mass is 127. The number of aliphatic imine (C=N–C) groups is 1. The number of morpholine rings is 1. The Labute approximate surface area is 178 Å². The monoisotopic (exact) mass is 510 g/mol. The first kappa shape index (κ1) is 22.5. The fraction of sp³-hybridized carbons (Fsp3) is 0.444. The van der Waals surface area contributed by atoms with Crippen LogP contribution < -0.4 is 5.32 Å². The molecule has 1 saturated heterocycles. The topological polar surface area (TPSA) is 62.9 Å². The average Bonchev–Trinajstić information content (AvgIpc) is 3.18. The number of aromatic nitrogens is 1. The minimum Gasteiger partial charge on any atom is -0.370 e. The molecule has 1 fully saturated rings. The van der Waals surface area contributed by atoms with Crippen molar-refractivity contribution in [2.45, 2.75) is 25.7 Å². The first-order valence-electron chi connectivity index (χ1n) is 8.68. The third kappa shape index (κ3) is 5.84. The molecule has 1 atom stereocenters. The Morgan fingerprint density at radius 3 is 2.86 bits per heavy atom. The van der Waals surface area contributed by atoms with Crippen LogP contribution in [0.5, 0.6) is 0 Å². The number of nitrogens with one attached hydrogen (secondary N) is 1. The van der Waals surface area contributed by atoms with Crippen molar-refractivity contribution in [3.63, 3.8) is 0 Å². The lowest BCUT2D eigenvalue weighted by Crippen LogP contribution is -2.48. The summed E-state index contributed by atoms with van der Waals surface area (Å²) in [6.45, 7) is 4.38. The Morgan fingerprint density at radius 2 is 2.18 bits per heavy atom. The molecule has 1 aromatic heterocycles. The first-order chi connectivity index (χ1) is 13.0. The zero-order valence-electron chi connectivity index (χ0n) is 15.3. The lowest BCUT2D eigenvalue weighted by molar-refractivity contribution is -0.137. The van der Waals surface area contributed by atoms with Crippen molar-refractivity contribution < 1.29 is 22.4 Å². The molecule has 1 aromatic carbocycles. The van der Waals surface area contributed by atoms with E-state index in [2.05, 4.69) is 15.5 Å². The standard InChI is InChI=1S/C18H21F3N4O2.HI/c1-2-22-17(23-11-15-6-8-27-24-15)25-7-9-26-16(12-25)13-4-3-5-14(10-13)18(19,20)21;/h3-6,8,10,16H,2,7,9,11-12H2,1H3,(H,22,23);1H. The Balaban J connectivity index is 0.00000280. The zero-order chi connectivity index (χ0) is 19.3. The number of rotatable bonds is 4. The summed E-state index contributed by atoms with van der Waals surface area (Å²) in [4.78, 5) is 6.52. The molecule has 0 aliphatic carbocycles. The van der Waals surface area contributed by atoms with Gasteiger partial charge in [-0.15, -0.1) is 24.0 Å². The van der Waals surface area contributed by atoms with E-state index in [9.17, 15) is 13.2 Å². The molecule has 0 radical (unpaired) electrons. The van der Waals surface area contributed by atoms with E-state index in [1.807, 2.05) is 11.8 Å². The highest BCUT2D eigenvalue weighted by molar-refractivity contribution is 14.0. The molecule has 0 spiro atoms. The predicted molar refractivity (Wildman–Crippen MR) is 108 cm³/mol. The van der Waals surface area contributed by atoms with E-state index in [0.717, 1.165) is 12.1 Å². The lowest BCUT2D eigenvalue weighted by atomic mass is 10.0. The van der Waals surface area contributed by atoms with Crippen LogP contribution >= 0.6 is 24.0 Å². The molecular weight excluding hydrogens is 488 g/mol. The van der Waals surface area contributed by atoms with Crippen molar-refractivity contribution in [1.29, 1.82) is 0 Å². The SMILES string of the molecule is CCNC(=NCc1ccon1)N1CCOC(c2cccc(C(F)(F)F)c2)C1.I. The minimum atomic E-state index is -4.38. The van der Waals surface area contributed by atoms with Crippen LogP contribution in [0.25, 0.3) is 0 Å². The molecule has 1 aliphatic heterocycles. The second kappa shape index (κ2) is 10.1. The highest BCUT2D eigenvalue weighted by Gasteiger charge is 2.32. The van der Waals surface area contributed by atoms with Crippen molar-refractivity contribution in [1.82, 2.24) is 15.4 Å². The molecule has 2 heterocycles. The molecule has 1 unspecified atom stereocenters. The third-order valence-electron chi connectivity index (χ3n) is 4.17. The van der Waals surface area contributed by atoms with Crippen LogP contribution in [0, 0.1) is 0 Å². The van der Waals surface area contributed by atoms with E-state index < -0.39 is 17.8 Å². The second-order valence-corrected chi connectivity index (χ2v) is 6.09. The number of nitrogens with zero attached hydrogens (tertiary/aromatic N) is 3. The van der Waals surface area contributed by atoms with E-state index in [1.54, 1.807) is 12.1 Å². The number of hydrogen-bond donors (Lipinski definition) is 1. The number of hydrogen-bond acceptors (Lipinski definition) is 4. The molecule has 10 heteroatoms. The van der Waals surface area contributed by atoms with Crippen molar-refractivity contribution in [2.24, 2.45) is 4.99 Å². The molecule has 28 heavy (non-hydrogen) atoms. The fourth-order valence-corrected chi connectivity index (χ4v) is 2.86. The van der Waals surface area contributed by atoms with E-state index in [1.165, 1.54) is 12.3 Å². The van der Waals surface area contributed by atoms with Crippen molar-refractivity contribution in [3.05, 3.63) is 53.4 Å². The van der Waals surface area contributed by atoms with Gasteiger partial charge in [0.15, 0.2) is 5.96 Å². The average molecular weight is 510 g/mol. The van der Waals surface area contributed by atoms with Crippen LogP contribution in [0.2, 0.25) is 0 Å². The van der Waals surface area contributed by atoms with Gasteiger partial charge in [-0.2, -0.15) is 13.2 Å². The minimum absolute atomic E-state index is 0. The van der Waals surface area contributed by atoms with Crippen LogP contribution in [0.3, 0.4) is 0 Å². The second-order valence-electron chi connectivity index (χ2n) is 6.09. The lowest BCUT2D eigenvalue weighted by Gasteiger charge is -2.35. The molecule has 2 aromatic rings. The molecule has 0 amide bonds. The molecule has 0 bridgehead atoms. The summed E-state index contributed by atoms with van der Waals surface area (Å²) < 4.78 is 49.5. The molecule has 3 rings (SSSR count). The number of alkyl halides is 3. The quantitative estimate of drug-likeness (QED) is 0.385. The fourth-order valence-electron chi connectivity index (χ4n) is 2.86. The van der Waals surface area contributed by atoms with Gasteiger partial charge in [-0.3, -0.25) is 0 Å². The van der Waals surface area contributed by atoms with Crippen LogP contribution in [0.4, 0.5) is 13.2 Å². The van der Waals surface area contributed by atoms with Gasteiger partial charge in [0, 0.05) is 19.2 Å².